The van der Waals surface area contributed by atoms with Gasteiger partial charge in [-0.25, -0.2) is 0 Å². The molecule has 8 heteroatoms. The zero-order chi connectivity index (χ0) is 14.6. The molecule has 1 aromatic heterocycles. The Kier molecular flexibility index (Phi) is 5.02. The van der Waals surface area contributed by atoms with Crippen molar-refractivity contribution in [1.29, 1.82) is 0 Å². The summed E-state index contributed by atoms with van der Waals surface area (Å²) in [6.45, 7) is 3.00. The standard InChI is InChI=1S/C11H17N3O5/c1-7(2)13-5-8(14(18)19)3-10(13)11(17)12-4-9(16)6-15/h3,5,7,9,15-16H,4,6H2,1-2H3,(H,12,17). The maximum absolute atomic E-state index is 11.9. The van der Waals surface area contributed by atoms with Crippen LogP contribution in [0.4, 0.5) is 5.69 Å². The Hall–Kier alpha value is -1.93. The van der Waals surface area contributed by atoms with Gasteiger partial charge in [-0.1, -0.05) is 0 Å². The van der Waals surface area contributed by atoms with Crippen molar-refractivity contribution in [3.63, 3.8) is 0 Å². The van der Waals surface area contributed by atoms with Gasteiger partial charge in [0.1, 0.15) is 5.69 Å². The summed E-state index contributed by atoms with van der Waals surface area (Å²) in [5, 5.41) is 30.9. The van der Waals surface area contributed by atoms with Crippen molar-refractivity contribution < 1.29 is 19.9 Å². The monoisotopic (exact) mass is 271 g/mol. The lowest BCUT2D eigenvalue weighted by Crippen LogP contribution is -2.35. The first-order valence-electron chi connectivity index (χ1n) is 5.80. The fraction of sp³-hybridized carbons (Fsp3) is 0.545. The minimum atomic E-state index is -1.05. The molecule has 0 fully saturated rings. The number of hydrogen-bond donors (Lipinski definition) is 3. The molecule has 1 aromatic rings. The van der Waals surface area contributed by atoms with Crippen molar-refractivity contribution in [1.82, 2.24) is 9.88 Å². The molecule has 0 aromatic carbocycles. The highest BCUT2D eigenvalue weighted by atomic mass is 16.6. The van der Waals surface area contributed by atoms with E-state index in [1.807, 2.05) is 0 Å². The van der Waals surface area contributed by atoms with Crippen LogP contribution in [0.2, 0.25) is 0 Å². The van der Waals surface area contributed by atoms with Crippen molar-refractivity contribution in [2.24, 2.45) is 0 Å². The summed E-state index contributed by atoms with van der Waals surface area (Å²) in [6.07, 6.45) is 0.239. The number of amides is 1. The maximum atomic E-state index is 11.9. The van der Waals surface area contributed by atoms with Gasteiger partial charge >= 0.3 is 0 Å². The molecule has 0 saturated heterocycles. The summed E-state index contributed by atoms with van der Waals surface area (Å²) in [5.41, 5.74) is -0.0200. The average molecular weight is 271 g/mol. The van der Waals surface area contributed by atoms with Crippen molar-refractivity contribution in [3.05, 3.63) is 28.1 Å². The summed E-state index contributed by atoms with van der Waals surface area (Å²) in [6, 6.07) is 1.07. The topological polar surface area (TPSA) is 118 Å². The van der Waals surface area contributed by atoms with Crippen molar-refractivity contribution in [2.75, 3.05) is 13.2 Å². The number of carbonyl (C=O) groups excluding carboxylic acids is 1. The highest BCUT2D eigenvalue weighted by molar-refractivity contribution is 5.93. The summed E-state index contributed by atoms with van der Waals surface area (Å²) >= 11 is 0. The summed E-state index contributed by atoms with van der Waals surface area (Å²) < 4.78 is 1.48. The van der Waals surface area contributed by atoms with E-state index < -0.39 is 23.5 Å². The van der Waals surface area contributed by atoms with E-state index in [9.17, 15) is 14.9 Å². The minimum Gasteiger partial charge on any atom is -0.394 e. The van der Waals surface area contributed by atoms with E-state index in [2.05, 4.69) is 5.32 Å². The number of nitrogens with zero attached hydrogens (tertiary/aromatic N) is 2. The predicted octanol–water partition coefficient (Wildman–Crippen LogP) is 0.0602. The number of nitrogens with one attached hydrogen (secondary N) is 1. The highest BCUT2D eigenvalue weighted by Gasteiger charge is 2.21. The lowest BCUT2D eigenvalue weighted by molar-refractivity contribution is -0.384. The SMILES string of the molecule is CC(C)n1cc([N+](=O)[O-])cc1C(=O)NCC(O)CO. The van der Waals surface area contributed by atoms with Crippen LogP contribution >= 0.6 is 0 Å². The van der Waals surface area contributed by atoms with Crippen molar-refractivity contribution >= 4 is 11.6 Å². The molecule has 19 heavy (non-hydrogen) atoms. The van der Waals surface area contributed by atoms with Gasteiger partial charge in [0.2, 0.25) is 0 Å². The normalized spacial score (nSPS) is 12.5. The Labute approximate surface area is 109 Å². The molecule has 1 heterocycles. The van der Waals surface area contributed by atoms with Crippen LogP contribution in [0.15, 0.2) is 12.3 Å². The van der Waals surface area contributed by atoms with Gasteiger partial charge in [0.05, 0.1) is 23.8 Å². The number of nitro groups is 1. The van der Waals surface area contributed by atoms with Gasteiger partial charge < -0.3 is 20.1 Å². The molecule has 0 saturated carbocycles. The number of hydrogen-bond acceptors (Lipinski definition) is 5. The first kappa shape index (κ1) is 15.1. The van der Waals surface area contributed by atoms with Gasteiger partial charge in [-0.3, -0.25) is 14.9 Å². The Morgan fingerprint density at radius 2 is 2.21 bits per heavy atom. The first-order valence-corrected chi connectivity index (χ1v) is 5.80. The number of rotatable bonds is 6. The van der Waals surface area contributed by atoms with Gasteiger partial charge in [-0.05, 0) is 13.8 Å². The molecule has 8 nitrogen and oxygen atoms in total. The number of aromatic nitrogens is 1. The van der Waals surface area contributed by atoms with E-state index in [1.165, 1.54) is 16.8 Å². The van der Waals surface area contributed by atoms with Crippen molar-refractivity contribution in [3.8, 4) is 0 Å². The van der Waals surface area contributed by atoms with Crippen molar-refractivity contribution in [2.45, 2.75) is 26.0 Å². The Morgan fingerprint density at radius 1 is 1.58 bits per heavy atom. The largest absolute Gasteiger partial charge is 0.394 e. The van der Waals surface area contributed by atoms with Crippen LogP contribution in [0.1, 0.15) is 30.4 Å². The molecule has 0 aliphatic heterocycles. The second-order valence-corrected chi connectivity index (χ2v) is 4.39. The zero-order valence-corrected chi connectivity index (χ0v) is 10.7. The lowest BCUT2D eigenvalue weighted by Gasteiger charge is -2.13. The molecule has 0 spiro atoms. The molecule has 106 valence electrons. The van der Waals surface area contributed by atoms with Crippen LogP contribution in [0.3, 0.4) is 0 Å². The third-order valence-corrected chi connectivity index (χ3v) is 2.54. The average Bonchev–Trinajstić information content (AvgIpc) is 2.80. The fourth-order valence-corrected chi connectivity index (χ4v) is 1.54. The zero-order valence-electron chi connectivity index (χ0n) is 10.7. The molecular formula is C11H17N3O5. The molecular weight excluding hydrogens is 254 g/mol. The number of aliphatic hydroxyl groups excluding tert-OH is 2. The van der Waals surface area contributed by atoms with Gasteiger partial charge in [-0.15, -0.1) is 0 Å². The predicted molar refractivity (Wildman–Crippen MR) is 66.9 cm³/mol. The Morgan fingerprint density at radius 3 is 2.68 bits per heavy atom. The fourth-order valence-electron chi connectivity index (χ4n) is 1.54. The lowest BCUT2D eigenvalue weighted by atomic mass is 10.3. The smallest absolute Gasteiger partial charge is 0.287 e. The Bertz CT molecular complexity index is 469. The molecule has 1 atom stereocenters. The van der Waals surface area contributed by atoms with E-state index in [-0.39, 0.29) is 24.0 Å². The molecule has 0 radical (unpaired) electrons. The van der Waals surface area contributed by atoms with E-state index in [4.69, 9.17) is 10.2 Å². The number of aliphatic hydroxyl groups is 2. The first-order chi connectivity index (χ1) is 8.86. The van der Waals surface area contributed by atoms with Gasteiger partial charge in [0.25, 0.3) is 11.6 Å². The minimum absolute atomic E-state index is 0.114. The highest BCUT2D eigenvalue weighted by Crippen LogP contribution is 2.20. The van der Waals surface area contributed by atoms with E-state index in [0.717, 1.165) is 0 Å². The van der Waals surface area contributed by atoms with Crippen LogP contribution in [-0.2, 0) is 0 Å². The van der Waals surface area contributed by atoms with Gasteiger partial charge in [0, 0.05) is 18.7 Å². The van der Waals surface area contributed by atoms with Crippen LogP contribution < -0.4 is 5.32 Å². The summed E-state index contributed by atoms with van der Waals surface area (Å²) in [4.78, 5) is 22.0. The second-order valence-electron chi connectivity index (χ2n) is 4.39. The Balaban J connectivity index is 2.91. The second kappa shape index (κ2) is 6.30. The van der Waals surface area contributed by atoms with Gasteiger partial charge in [-0.2, -0.15) is 0 Å². The summed E-state index contributed by atoms with van der Waals surface area (Å²) in [7, 11) is 0. The quantitative estimate of drug-likeness (QED) is 0.499. The van der Waals surface area contributed by atoms with Crippen LogP contribution in [0, 0.1) is 10.1 Å². The maximum Gasteiger partial charge on any atom is 0.287 e. The molecule has 3 N–H and O–H groups in total. The van der Waals surface area contributed by atoms with Crippen LogP contribution in [-0.4, -0.2) is 44.9 Å². The third kappa shape index (κ3) is 3.76. The molecule has 1 rings (SSSR count). The van der Waals surface area contributed by atoms with E-state index in [1.54, 1.807) is 13.8 Å². The van der Waals surface area contributed by atoms with Gasteiger partial charge in [0.15, 0.2) is 0 Å². The third-order valence-electron chi connectivity index (χ3n) is 2.54. The number of carbonyl (C=O) groups is 1. The van der Waals surface area contributed by atoms with Crippen LogP contribution in [0.25, 0.3) is 0 Å². The molecule has 0 aliphatic rings. The summed E-state index contributed by atoms with van der Waals surface area (Å²) in [5.74, 6) is -0.533. The molecule has 1 amide bonds. The molecule has 0 bridgehead atoms. The molecule has 1 unspecified atom stereocenters. The van der Waals surface area contributed by atoms with E-state index >= 15 is 0 Å². The van der Waals surface area contributed by atoms with Crippen LogP contribution in [0.5, 0.6) is 0 Å². The molecule has 0 aliphatic carbocycles. The van der Waals surface area contributed by atoms with E-state index in [0.29, 0.717) is 0 Å².